The van der Waals surface area contributed by atoms with E-state index in [1.807, 2.05) is 0 Å². The van der Waals surface area contributed by atoms with Gasteiger partial charge in [-0.15, -0.1) is 0 Å². The second-order valence-corrected chi connectivity index (χ2v) is 7.44. The molecule has 1 aromatic carbocycles. The molecule has 0 radical (unpaired) electrons. The van der Waals surface area contributed by atoms with Gasteiger partial charge in [-0.2, -0.15) is 0 Å². The van der Waals surface area contributed by atoms with Crippen LogP contribution in [0.2, 0.25) is 0 Å². The van der Waals surface area contributed by atoms with Gasteiger partial charge in [-0.05, 0) is 55.6 Å². The zero-order valence-electron chi connectivity index (χ0n) is 14.1. The van der Waals surface area contributed by atoms with Gasteiger partial charge in [0.15, 0.2) is 0 Å². The molecule has 3 rings (SSSR count). The maximum absolute atomic E-state index is 12.9. The highest BCUT2D eigenvalue weighted by Gasteiger charge is 2.20. The standard InChI is InChI=1S/C18H18N2O5S/c1-19-26(22,23)17-8-6-14(7-9-17)18(21)20(12-15-4-2-10-24-15)13-16-5-3-11-25-16/h2-11,19H,12-13H2,1H3. The summed E-state index contributed by atoms with van der Waals surface area (Å²) in [7, 11) is -2.21. The topological polar surface area (TPSA) is 92.8 Å². The summed E-state index contributed by atoms with van der Waals surface area (Å²) in [5.41, 5.74) is 0.373. The van der Waals surface area contributed by atoms with Crippen LogP contribution in [0.25, 0.3) is 0 Å². The number of nitrogens with zero attached hydrogens (tertiary/aromatic N) is 1. The molecule has 0 unspecified atom stereocenters. The van der Waals surface area contributed by atoms with Gasteiger partial charge in [-0.3, -0.25) is 4.79 Å². The molecule has 0 spiro atoms. The average Bonchev–Trinajstić information content (AvgIpc) is 3.35. The van der Waals surface area contributed by atoms with Crippen LogP contribution in [0, 0.1) is 0 Å². The van der Waals surface area contributed by atoms with Gasteiger partial charge in [0.1, 0.15) is 11.5 Å². The lowest BCUT2D eigenvalue weighted by molar-refractivity contribution is 0.0704. The number of nitrogens with one attached hydrogen (secondary N) is 1. The number of amides is 1. The summed E-state index contributed by atoms with van der Waals surface area (Å²) < 4.78 is 36.5. The van der Waals surface area contributed by atoms with Gasteiger partial charge in [0, 0.05) is 5.56 Å². The molecule has 0 bridgehead atoms. The Morgan fingerprint density at radius 3 is 1.92 bits per heavy atom. The first-order chi connectivity index (χ1) is 12.5. The summed E-state index contributed by atoms with van der Waals surface area (Å²) in [5, 5.41) is 0. The van der Waals surface area contributed by atoms with Crippen molar-refractivity contribution in [2.75, 3.05) is 7.05 Å². The normalized spacial score (nSPS) is 11.4. The Kier molecular flexibility index (Phi) is 5.24. The summed E-state index contributed by atoms with van der Waals surface area (Å²) >= 11 is 0. The second-order valence-electron chi connectivity index (χ2n) is 5.55. The lowest BCUT2D eigenvalue weighted by atomic mass is 10.2. The van der Waals surface area contributed by atoms with Crippen molar-refractivity contribution in [1.82, 2.24) is 9.62 Å². The average molecular weight is 374 g/mol. The molecule has 7 nitrogen and oxygen atoms in total. The summed E-state index contributed by atoms with van der Waals surface area (Å²) in [6.07, 6.45) is 3.09. The number of carbonyl (C=O) groups excluding carboxylic acids is 1. The predicted molar refractivity (Wildman–Crippen MR) is 93.7 cm³/mol. The van der Waals surface area contributed by atoms with E-state index in [4.69, 9.17) is 8.83 Å². The van der Waals surface area contributed by atoms with E-state index in [1.165, 1.54) is 31.3 Å². The van der Waals surface area contributed by atoms with Crippen LogP contribution in [0.4, 0.5) is 0 Å². The van der Waals surface area contributed by atoms with Crippen LogP contribution in [-0.4, -0.2) is 26.3 Å². The third-order valence-corrected chi connectivity index (χ3v) is 5.25. The number of sulfonamides is 1. The number of carbonyl (C=O) groups is 1. The highest BCUT2D eigenvalue weighted by Crippen LogP contribution is 2.17. The van der Waals surface area contributed by atoms with E-state index in [1.54, 1.807) is 41.7 Å². The zero-order chi connectivity index (χ0) is 18.6. The maximum Gasteiger partial charge on any atom is 0.254 e. The molecule has 0 saturated heterocycles. The van der Waals surface area contributed by atoms with Crippen LogP contribution in [0.15, 0.2) is 74.8 Å². The predicted octanol–water partition coefficient (Wildman–Crippen LogP) is 2.62. The fourth-order valence-corrected chi connectivity index (χ4v) is 3.19. The lowest BCUT2D eigenvalue weighted by Gasteiger charge is -2.21. The summed E-state index contributed by atoms with van der Waals surface area (Å²) in [5.74, 6) is 1.02. The molecule has 2 heterocycles. The van der Waals surface area contributed by atoms with Crippen molar-refractivity contribution in [3.8, 4) is 0 Å². The van der Waals surface area contributed by atoms with Crippen molar-refractivity contribution >= 4 is 15.9 Å². The molecule has 0 aliphatic heterocycles. The fraction of sp³-hybridized carbons (Fsp3) is 0.167. The molecule has 2 aromatic heterocycles. The number of benzene rings is 1. The first-order valence-electron chi connectivity index (χ1n) is 7.87. The molecule has 3 aromatic rings. The van der Waals surface area contributed by atoms with Crippen molar-refractivity contribution in [3.63, 3.8) is 0 Å². The summed E-state index contributed by atoms with van der Waals surface area (Å²) in [4.78, 5) is 14.6. The molecule has 8 heteroatoms. The van der Waals surface area contributed by atoms with Crippen LogP contribution in [0.5, 0.6) is 0 Å². The molecular weight excluding hydrogens is 356 g/mol. The minimum Gasteiger partial charge on any atom is -0.467 e. The molecule has 136 valence electrons. The highest BCUT2D eigenvalue weighted by molar-refractivity contribution is 7.89. The minimum absolute atomic E-state index is 0.0974. The van der Waals surface area contributed by atoms with Crippen LogP contribution in [0.3, 0.4) is 0 Å². The van der Waals surface area contributed by atoms with Crippen LogP contribution in [-0.2, 0) is 23.1 Å². The van der Waals surface area contributed by atoms with Gasteiger partial charge in [-0.25, -0.2) is 13.1 Å². The van der Waals surface area contributed by atoms with Gasteiger partial charge in [0.25, 0.3) is 5.91 Å². The van der Waals surface area contributed by atoms with Crippen molar-refractivity contribution in [2.24, 2.45) is 0 Å². The van der Waals surface area contributed by atoms with Gasteiger partial charge < -0.3 is 13.7 Å². The van der Waals surface area contributed by atoms with E-state index in [0.29, 0.717) is 17.1 Å². The van der Waals surface area contributed by atoms with E-state index in [9.17, 15) is 13.2 Å². The van der Waals surface area contributed by atoms with Gasteiger partial charge in [0.05, 0.1) is 30.5 Å². The van der Waals surface area contributed by atoms with Crippen molar-refractivity contribution in [2.45, 2.75) is 18.0 Å². The fourth-order valence-electron chi connectivity index (χ4n) is 2.46. The van der Waals surface area contributed by atoms with E-state index in [-0.39, 0.29) is 23.9 Å². The molecule has 0 aliphatic rings. The molecule has 1 amide bonds. The van der Waals surface area contributed by atoms with Gasteiger partial charge >= 0.3 is 0 Å². The van der Waals surface area contributed by atoms with Crippen LogP contribution < -0.4 is 4.72 Å². The minimum atomic E-state index is -3.55. The number of rotatable bonds is 7. The van der Waals surface area contributed by atoms with E-state index >= 15 is 0 Å². The molecule has 0 aliphatic carbocycles. The van der Waals surface area contributed by atoms with Gasteiger partial charge in [0.2, 0.25) is 10.0 Å². The third-order valence-electron chi connectivity index (χ3n) is 3.82. The molecule has 1 N–H and O–H groups in total. The SMILES string of the molecule is CNS(=O)(=O)c1ccc(C(=O)N(Cc2ccco2)Cc2ccco2)cc1. The Morgan fingerprint density at radius 1 is 0.962 bits per heavy atom. The van der Waals surface area contributed by atoms with Crippen molar-refractivity contribution in [1.29, 1.82) is 0 Å². The first-order valence-corrected chi connectivity index (χ1v) is 9.35. The van der Waals surface area contributed by atoms with Crippen molar-refractivity contribution in [3.05, 3.63) is 78.1 Å². The monoisotopic (exact) mass is 374 g/mol. The summed E-state index contributed by atoms with van der Waals surface area (Å²) in [6.45, 7) is 0.534. The Bertz CT molecular complexity index is 909. The number of hydrogen-bond acceptors (Lipinski definition) is 5. The maximum atomic E-state index is 12.9. The molecule has 0 saturated carbocycles. The molecule has 26 heavy (non-hydrogen) atoms. The Hall–Kier alpha value is -2.84. The molecule has 0 atom stereocenters. The van der Waals surface area contributed by atoms with Gasteiger partial charge in [-0.1, -0.05) is 0 Å². The van der Waals surface area contributed by atoms with Crippen LogP contribution >= 0.6 is 0 Å². The van der Waals surface area contributed by atoms with Crippen LogP contribution in [0.1, 0.15) is 21.9 Å². The number of hydrogen-bond donors (Lipinski definition) is 1. The quantitative estimate of drug-likeness (QED) is 0.686. The van der Waals surface area contributed by atoms with E-state index in [2.05, 4.69) is 4.72 Å². The summed E-state index contributed by atoms with van der Waals surface area (Å²) in [6, 6.07) is 12.8. The number of furan rings is 2. The Morgan fingerprint density at radius 2 is 1.50 bits per heavy atom. The van der Waals surface area contributed by atoms with E-state index in [0.717, 1.165) is 0 Å². The smallest absolute Gasteiger partial charge is 0.254 e. The largest absolute Gasteiger partial charge is 0.467 e. The lowest BCUT2D eigenvalue weighted by Crippen LogP contribution is -2.30. The zero-order valence-corrected chi connectivity index (χ0v) is 14.9. The second kappa shape index (κ2) is 7.59. The first kappa shape index (κ1) is 18.0. The highest BCUT2D eigenvalue weighted by atomic mass is 32.2. The molecule has 0 fully saturated rings. The third kappa shape index (κ3) is 4.04. The Balaban J connectivity index is 1.84. The molecular formula is C18H18N2O5S. The van der Waals surface area contributed by atoms with Crippen molar-refractivity contribution < 1.29 is 22.0 Å². The Labute approximate surface area is 151 Å². The van der Waals surface area contributed by atoms with E-state index < -0.39 is 10.0 Å².